The Balaban J connectivity index is 2.95. The van der Waals surface area contributed by atoms with Crippen molar-refractivity contribution < 1.29 is 25.9 Å². The van der Waals surface area contributed by atoms with Crippen molar-refractivity contribution in [1.29, 1.82) is 0 Å². The Kier molecular flexibility index (Phi) is 7.80. The molecule has 0 aromatic heterocycles. The van der Waals surface area contributed by atoms with Gasteiger partial charge >= 0.3 is 17.8 Å². The lowest BCUT2D eigenvalue weighted by atomic mass is 9.87. The molecule has 2 aromatic rings. The van der Waals surface area contributed by atoms with Crippen molar-refractivity contribution in [3.05, 3.63) is 69.5 Å². The third kappa shape index (κ3) is 5.09. The summed E-state index contributed by atoms with van der Waals surface area (Å²) in [6.07, 6.45) is 0. The second-order valence-corrected chi connectivity index (χ2v) is 10.1. The highest BCUT2D eigenvalue weighted by atomic mass is 32.3. The van der Waals surface area contributed by atoms with Crippen LogP contribution in [0.15, 0.2) is 41.0 Å². The van der Waals surface area contributed by atoms with Crippen LogP contribution in [-0.4, -0.2) is 21.6 Å². The zero-order valence-corrected chi connectivity index (χ0v) is 19.9. The van der Waals surface area contributed by atoms with E-state index in [4.69, 9.17) is 9.05 Å². The van der Waals surface area contributed by atoms with E-state index in [-0.39, 0.29) is 18.1 Å². The summed E-state index contributed by atoms with van der Waals surface area (Å²) in [5.74, 6) is 1.48. The fourth-order valence-electron chi connectivity index (χ4n) is 3.58. The molecule has 0 unspecified atom stereocenters. The van der Waals surface area contributed by atoms with Gasteiger partial charge in [-0.3, -0.25) is 4.57 Å². The van der Waals surface area contributed by atoms with Crippen molar-refractivity contribution in [2.24, 2.45) is 0 Å². The largest absolute Gasteiger partial charge is 0.354 e. The molecule has 0 spiro atoms. The number of rotatable bonds is 8. The summed E-state index contributed by atoms with van der Waals surface area (Å²) in [5, 5.41) is 0. The molecule has 0 saturated carbocycles. The number of halogens is 1. The van der Waals surface area contributed by atoms with E-state index in [2.05, 4.69) is 0 Å². The zero-order valence-electron chi connectivity index (χ0n) is 18.2. The third-order valence-corrected chi connectivity index (χ3v) is 7.97. The average Bonchev–Trinajstić information content (AvgIpc) is 2.66. The van der Waals surface area contributed by atoms with Crippen LogP contribution in [0.2, 0.25) is 0 Å². The Morgan fingerprint density at radius 2 is 1.40 bits per heavy atom. The molecule has 0 bridgehead atoms. The van der Waals surface area contributed by atoms with Gasteiger partial charge in [0.1, 0.15) is 4.90 Å². The minimum Gasteiger partial charge on any atom is -0.306 e. The highest BCUT2D eigenvalue weighted by Gasteiger charge is 2.28. The van der Waals surface area contributed by atoms with E-state index in [1.807, 2.05) is 30.3 Å². The Bertz CT molecular complexity index is 1070. The van der Waals surface area contributed by atoms with E-state index >= 15 is 0 Å². The quantitative estimate of drug-likeness (QED) is 0.349. The maximum absolute atomic E-state index is 14.0. The summed E-state index contributed by atoms with van der Waals surface area (Å²) in [4.78, 5) is -0.313. The minimum absolute atomic E-state index is 0.199. The van der Waals surface area contributed by atoms with Crippen LogP contribution in [0.25, 0.3) is 5.57 Å². The maximum Gasteiger partial charge on any atom is 0.354 e. The molecule has 0 aliphatic heterocycles. The van der Waals surface area contributed by atoms with Gasteiger partial charge in [0.05, 0.1) is 13.2 Å². The van der Waals surface area contributed by atoms with Gasteiger partial charge in [0.2, 0.25) is 0 Å². The van der Waals surface area contributed by atoms with E-state index in [1.165, 1.54) is 5.82 Å². The molecular formula is C22H28FO5PS. The molecule has 8 heteroatoms. The van der Waals surface area contributed by atoms with E-state index in [9.17, 15) is 16.9 Å². The lowest BCUT2D eigenvalue weighted by molar-refractivity contribution is 0.229. The van der Waals surface area contributed by atoms with Crippen LogP contribution in [-0.2, 0) is 23.8 Å². The minimum atomic E-state index is -4.89. The van der Waals surface area contributed by atoms with Gasteiger partial charge in [-0.2, -0.15) is 8.42 Å². The average molecular weight is 455 g/mol. The topological polar surface area (TPSA) is 69.7 Å². The SMILES string of the molecule is CCOP(=O)(/C=C(\c1ccccc1)c1c(C)c(C)c(S(=O)(=O)F)c(C)c1C)OCC. The van der Waals surface area contributed by atoms with Gasteiger partial charge < -0.3 is 9.05 Å². The molecule has 2 aromatic carbocycles. The van der Waals surface area contributed by atoms with Crippen molar-refractivity contribution in [2.75, 3.05) is 13.2 Å². The second kappa shape index (κ2) is 9.56. The number of benzene rings is 2. The first kappa shape index (κ1) is 24.5. The Labute approximate surface area is 178 Å². The van der Waals surface area contributed by atoms with Crippen molar-refractivity contribution in [3.63, 3.8) is 0 Å². The lowest BCUT2D eigenvalue weighted by Gasteiger charge is -2.22. The van der Waals surface area contributed by atoms with E-state index in [1.54, 1.807) is 41.5 Å². The normalized spacial score (nSPS) is 13.0. The zero-order chi connectivity index (χ0) is 22.7. The standard InChI is InChI=1S/C22H28FO5PS/c1-7-27-29(24,28-8-2)14-20(19-12-10-9-11-13-19)21-15(3)17(5)22(30(23,25)26)18(6)16(21)4/h9-14H,7-8H2,1-6H3/b20-14+. The summed E-state index contributed by atoms with van der Waals surface area (Å²) < 4.78 is 61.8. The van der Waals surface area contributed by atoms with Crippen molar-refractivity contribution >= 4 is 23.4 Å². The molecule has 0 aliphatic carbocycles. The highest BCUT2D eigenvalue weighted by molar-refractivity contribution is 7.86. The fourth-order valence-corrected chi connectivity index (χ4v) is 6.15. The van der Waals surface area contributed by atoms with E-state index in [0.29, 0.717) is 33.4 Å². The molecule has 2 rings (SSSR count). The first-order chi connectivity index (χ1) is 14.0. The molecule has 0 fully saturated rings. The summed E-state index contributed by atoms with van der Waals surface area (Å²) in [6, 6.07) is 9.27. The molecule has 0 amide bonds. The van der Waals surface area contributed by atoms with Crippen LogP contribution in [0.1, 0.15) is 47.2 Å². The first-order valence-corrected chi connectivity index (χ1v) is 12.7. The molecule has 30 heavy (non-hydrogen) atoms. The Morgan fingerprint density at radius 1 is 0.933 bits per heavy atom. The van der Waals surface area contributed by atoms with Crippen LogP contribution in [0.3, 0.4) is 0 Å². The van der Waals surface area contributed by atoms with E-state index < -0.39 is 17.8 Å². The molecule has 0 atom stereocenters. The van der Waals surface area contributed by atoms with Crippen molar-refractivity contribution in [2.45, 2.75) is 46.4 Å². The van der Waals surface area contributed by atoms with E-state index in [0.717, 1.165) is 5.56 Å². The lowest BCUT2D eigenvalue weighted by Crippen LogP contribution is -2.08. The second-order valence-electron chi connectivity index (χ2n) is 6.93. The van der Waals surface area contributed by atoms with Gasteiger partial charge in [-0.15, -0.1) is 3.89 Å². The summed E-state index contributed by atoms with van der Waals surface area (Å²) in [5.41, 5.74) is 3.85. The summed E-state index contributed by atoms with van der Waals surface area (Å²) in [6.45, 7) is 10.5. The smallest absolute Gasteiger partial charge is 0.306 e. The summed E-state index contributed by atoms with van der Waals surface area (Å²) in [7, 11) is -8.47. The van der Waals surface area contributed by atoms with Crippen LogP contribution in [0, 0.1) is 27.7 Å². The molecular weight excluding hydrogens is 426 g/mol. The number of hydrogen-bond acceptors (Lipinski definition) is 5. The number of hydrogen-bond donors (Lipinski definition) is 0. The van der Waals surface area contributed by atoms with Crippen LogP contribution >= 0.6 is 7.60 Å². The molecule has 5 nitrogen and oxygen atoms in total. The van der Waals surface area contributed by atoms with Crippen molar-refractivity contribution in [1.82, 2.24) is 0 Å². The highest BCUT2D eigenvalue weighted by Crippen LogP contribution is 2.53. The Hall–Kier alpha value is -1.79. The van der Waals surface area contributed by atoms with Gasteiger partial charge in [0.25, 0.3) is 0 Å². The van der Waals surface area contributed by atoms with Gasteiger partial charge in [0.15, 0.2) is 0 Å². The molecule has 0 aliphatic rings. The van der Waals surface area contributed by atoms with Crippen LogP contribution in [0.4, 0.5) is 3.89 Å². The Morgan fingerprint density at radius 3 is 1.80 bits per heavy atom. The third-order valence-electron chi connectivity index (χ3n) is 5.06. The van der Waals surface area contributed by atoms with Gasteiger partial charge in [-0.25, -0.2) is 0 Å². The maximum atomic E-state index is 14.0. The fraction of sp³-hybridized carbons (Fsp3) is 0.364. The molecule has 164 valence electrons. The van der Waals surface area contributed by atoms with Crippen LogP contribution in [0.5, 0.6) is 0 Å². The first-order valence-electron chi connectivity index (χ1n) is 9.69. The van der Waals surface area contributed by atoms with Crippen molar-refractivity contribution in [3.8, 4) is 0 Å². The van der Waals surface area contributed by atoms with Crippen LogP contribution < -0.4 is 0 Å². The monoisotopic (exact) mass is 454 g/mol. The van der Waals surface area contributed by atoms with Gasteiger partial charge in [-0.1, -0.05) is 30.3 Å². The molecule has 0 saturated heterocycles. The van der Waals surface area contributed by atoms with Gasteiger partial charge in [-0.05, 0) is 80.5 Å². The predicted octanol–water partition coefficient (Wildman–Crippen LogP) is 6.23. The predicted molar refractivity (Wildman–Crippen MR) is 118 cm³/mol. The summed E-state index contributed by atoms with van der Waals surface area (Å²) >= 11 is 0. The molecule has 0 radical (unpaired) electrons. The van der Waals surface area contributed by atoms with Gasteiger partial charge in [0, 0.05) is 5.82 Å². The molecule has 0 N–H and O–H groups in total. The molecule has 0 heterocycles.